The number of para-hydroxylation sites is 1. The molecule has 2 heteroatoms. The van der Waals surface area contributed by atoms with Gasteiger partial charge in [-0.15, -0.1) is 0 Å². The summed E-state index contributed by atoms with van der Waals surface area (Å²) in [6.07, 6.45) is 2.56. The number of hydrogen-bond acceptors (Lipinski definition) is 1. The molecule has 4 aromatic carbocycles. The molecule has 1 nitrogen and oxygen atoms in total. The topological polar surface area (TPSA) is 12.4 Å². The molecule has 28 heavy (non-hydrogen) atoms. The molecule has 0 fully saturated rings. The fraction of sp³-hybridized carbons (Fsp3) is 0.0385. The number of hydrogen-bond donors (Lipinski definition) is 0. The minimum Gasteiger partial charge on any atom is -0.256 e. The van der Waals surface area contributed by atoms with Gasteiger partial charge in [0.15, 0.2) is 0 Å². The molecule has 0 aromatic heterocycles. The van der Waals surface area contributed by atoms with E-state index < -0.39 is 0 Å². The van der Waals surface area contributed by atoms with Crippen LogP contribution in [0.1, 0.15) is 16.7 Å². The molecule has 134 valence electrons. The summed E-state index contributed by atoms with van der Waals surface area (Å²) in [7, 11) is 0. The second-order valence-electron chi connectivity index (χ2n) is 6.48. The second kappa shape index (κ2) is 8.69. The molecule has 0 spiro atoms. The third-order valence-electron chi connectivity index (χ3n) is 4.48. The normalized spacial score (nSPS) is 10.8. The lowest BCUT2D eigenvalue weighted by Gasteiger charge is -2.01. The molecule has 0 aliphatic heterocycles. The Morgan fingerprint density at radius 2 is 1.54 bits per heavy atom. The molecule has 0 heterocycles. The Morgan fingerprint density at radius 1 is 0.786 bits per heavy atom. The Kier molecular flexibility index (Phi) is 5.66. The highest BCUT2D eigenvalue weighted by Crippen LogP contribution is 2.20. The van der Waals surface area contributed by atoms with Crippen molar-refractivity contribution >= 4 is 38.6 Å². The van der Waals surface area contributed by atoms with Crippen LogP contribution in [0.2, 0.25) is 0 Å². The van der Waals surface area contributed by atoms with Crippen LogP contribution < -0.4 is 0 Å². The van der Waals surface area contributed by atoms with Crippen LogP contribution in [0.4, 0.5) is 5.69 Å². The molecule has 0 amide bonds. The minimum atomic E-state index is 0.667. The predicted molar refractivity (Wildman–Crippen MR) is 122 cm³/mol. The van der Waals surface area contributed by atoms with Crippen LogP contribution in [0.5, 0.6) is 0 Å². The SMILES string of the molecule is Brc1ccc(C=Nc2ccccc2CC#Cc2ccc3ccccc3c2)cc1. The average molecular weight is 424 g/mol. The Bertz CT molecular complexity index is 1190. The van der Waals surface area contributed by atoms with Crippen LogP contribution in [0, 0.1) is 11.8 Å². The highest BCUT2D eigenvalue weighted by molar-refractivity contribution is 9.10. The largest absolute Gasteiger partial charge is 0.256 e. The molecular formula is C26H18BrN. The lowest BCUT2D eigenvalue weighted by Crippen LogP contribution is -1.85. The predicted octanol–water partition coefficient (Wildman–Crippen LogP) is 6.95. The molecule has 4 aromatic rings. The van der Waals surface area contributed by atoms with Gasteiger partial charge in [0, 0.05) is 22.7 Å². The lowest BCUT2D eigenvalue weighted by atomic mass is 10.1. The van der Waals surface area contributed by atoms with Crippen molar-refractivity contribution < 1.29 is 0 Å². The van der Waals surface area contributed by atoms with E-state index in [2.05, 4.69) is 81.3 Å². The molecule has 0 aliphatic carbocycles. The van der Waals surface area contributed by atoms with Gasteiger partial charge in [-0.25, -0.2) is 0 Å². The Hall–Kier alpha value is -3.15. The highest BCUT2D eigenvalue weighted by Gasteiger charge is 1.98. The standard InChI is InChI=1S/C26H18BrN/c27-25-16-13-21(14-17-25)19-28-26-11-4-3-8-23(26)10-5-6-20-12-15-22-7-1-2-9-24(22)18-20/h1-4,7-9,11-19H,10H2. The molecule has 0 unspecified atom stereocenters. The van der Waals surface area contributed by atoms with Crippen molar-refractivity contribution in [1.29, 1.82) is 0 Å². The number of aliphatic imine (C=N–C) groups is 1. The summed E-state index contributed by atoms with van der Waals surface area (Å²) in [6.45, 7) is 0. The van der Waals surface area contributed by atoms with Gasteiger partial charge in [0.05, 0.1) is 5.69 Å². The molecule has 0 atom stereocenters. The average Bonchev–Trinajstić information content (AvgIpc) is 2.74. The molecule has 4 rings (SSSR count). The van der Waals surface area contributed by atoms with E-state index in [0.29, 0.717) is 6.42 Å². The zero-order chi connectivity index (χ0) is 19.2. The second-order valence-corrected chi connectivity index (χ2v) is 7.39. The number of fused-ring (bicyclic) bond motifs is 1. The first-order valence-electron chi connectivity index (χ1n) is 9.13. The van der Waals surface area contributed by atoms with Crippen molar-refractivity contribution in [3.05, 3.63) is 112 Å². The van der Waals surface area contributed by atoms with Crippen LogP contribution in [-0.2, 0) is 6.42 Å². The van der Waals surface area contributed by atoms with E-state index in [1.807, 2.05) is 48.7 Å². The third-order valence-corrected chi connectivity index (χ3v) is 5.00. The third kappa shape index (κ3) is 4.57. The summed E-state index contributed by atoms with van der Waals surface area (Å²) in [6, 6.07) is 30.9. The number of nitrogens with zero attached hydrogens (tertiary/aromatic N) is 1. The summed E-state index contributed by atoms with van der Waals surface area (Å²) < 4.78 is 1.06. The van der Waals surface area contributed by atoms with Crippen molar-refractivity contribution in [2.75, 3.05) is 0 Å². The number of halogens is 1. The van der Waals surface area contributed by atoms with Crippen molar-refractivity contribution in [2.24, 2.45) is 4.99 Å². The quantitative estimate of drug-likeness (QED) is 0.249. The van der Waals surface area contributed by atoms with Gasteiger partial charge in [-0.1, -0.05) is 88.4 Å². The van der Waals surface area contributed by atoms with E-state index in [9.17, 15) is 0 Å². The first kappa shape index (κ1) is 18.2. The number of benzene rings is 4. The summed E-state index contributed by atoms with van der Waals surface area (Å²) in [4.78, 5) is 4.66. The molecule has 0 bridgehead atoms. The van der Waals surface area contributed by atoms with Crippen molar-refractivity contribution in [2.45, 2.75) is 6.42 Å². The maximum Gasteiger partial charge on any atom is 0.0671 e. The summed E-state index contributed by atoms with van der Waals surface area (Å²) in [5.41, 5.74) is 4.19. The smallest absolute Gasteiger partial charge is 0.0671 e. The monoisotopic (exact) mass is 423 g/mol. The van der Waals surface area contributed by atoms with Crippen LogP contribution in [0.25, 0.3) is 10.8 Å². The van der Waals surface area contributed by atoms with Gasteiger partial charge in [-0.05, 0) is 52.2 Å². The molecule has 0 saturated heterocycles. The lowest BCUT2D eigenvalue weighted by molar-refractivity contribution is 1.29. The van der Waals surface area contributed by atoms with E-state index in [-0.39, 0.29) is 0 Å². The van der Waals surface area contributed by atoms with Gasteiger partial charge < -0.3 is 0 Å². The first-order chi connectivity index (χ1) is 13.8. The molecule has 0 saturated carbocycles. The number of rotatable bonds is 3. The molecule has 0 aliphatic rings. The zero-order valence-electron chi connectivity index (χ0n) is 15.3. The van der Waals surface area contributed by atoms with Gasteiger partial charge in [-0.2, -0.15) is 0 Å². The Morgan fingerprint density at radius 3 is 2.39 bits per heavy atom. The Labute approximate surface area is 173 Å². The maximum absolute atomic E-state index is 4.66. The van der Waals surface area contributed by atoms with E-state index in [1.54, 1.807) is 0 Å². The van der Waals surface area contributed by atoms with E-state index in [4.69, 9.17) is 0 Å². The molecule has 0 N–H and O–H groups in total. The summed E-state index contributed by atoms with van der Waals surface area (Å²) >= 11 is 3.45. The zero-order valence-corrected chi connectivity index (χ0v) is 16.9. The van der Waals surface area contributed by atoms with E-state index in [0.717, 1.165) is 26.9 Å². The van der Waals surface area contributed by atoms with Crippen LogP contribution in [-0.4, -0.2) is 6.21 Å². The minimum absolute atomic E-state index is 0.667. The maximum atomic E-state index is 4.66. The van der Waals surface area contributed by atoms with Crippen LogP contribution in [0.3, 0.4) is 0 Å². The van der Waals surface area contributed by atoms with Crippen LogP contribution in [0.15, 0.2) is 100 Å². The van der Waals surface area contributed by atoms with Gasteiger partial charge in [0.2, 0.25) is 0 Å². The fourth-order valence-electron chi connectivity index (χ4n) is 2.99. The van der Waals surface area contributed by atoms with Gasteiger partial charge in [-0.3, -0.25) is 4.99 Å². The highest BCUT2D eigenvalue weighted by atomic mass is 79.9. The van der Waals surface area contributed by atoms with Gasteiger partial charge in [0.25, 0.3) is 0 Å². The molecule has 0 radical (unpaired) electrons. The van der Waals surface area contributed by atoms with Crippen molar-refractivity contribution in [3.8, 4) is 11.8 Å². The summed E-state index contributed by atoms with van der Waals surface area (Å²) in [5.74, 6) is 6.58. The van der Waals surface area contributed by atoms with Gasteiger partial charge >= 0.3 is 0 Å². The van der Waals surface area contributed by atoms with Gasteiger partial charge in [0.1, 0.15) is 0 Å². The summed E-state index contributed by atoms with van der Waals surface area (Å²) in [5, 5.41) is 2.45. The van der Waals surface area contributed by atoms with Crippen LogP contribution >= 0.6 is 15.9 Å². The van der Waals surface area contributed by atoms with Crippen molar-refractivity contribution in [1.82, 2.24) is 0 Å². The van der Waals surface area contributed by atoms with E-state index in [1.165, 1.54) is 10.8 Å². The first-order valence-corrected chi connectivity index (χ1v) is 9.92. The Balaban J connectivity index is 1.52. The van der Waals surface area contributed by atoms with E-state index >= 15 is 0 Å². The molecular weight excluding hydrogens is 406 g/mol. The van der Waals surface area contributed by atoms with Crippen molar-refractivity contribution in [3.63, 3.8) is 0 Å². The fourth-order valence-corrected chi connectivity index (χ4v) is 3.25.